The molecule has 1 aromatic carbocycles. The van der Waals surface area contributed by atoms with Gasteiger partial charge in [-0.05, 0) is 12.1 Å². The standard InChI is InChI=1S/C7H6O2.2CH3.Sn/c8-6-4-2-1-3-5-7(6)9;;;/h1-5H,(H,8,9);2*1H3;. The van der Waals surface area contributed by atoms with Gasteiger partial charge in [-0.25, -0.2) is 0 Å². The van der Waals surface area contributed by atoms with Crippen molar-refractivity contribution in [3.8, 4) is 5.75 Å². The summed E-state index contributed by atoms with van der Waals surface area (Å²) in [6.07, 6.45) is 0. The van der Waals surface area contributed by atoms with Crippen LogP contribution in [0.3, 0.4) is 0 Å². The fourth-order valence-corrected chi connectivity index (χ4v) is 0.521. The van der Waals surface area contributed by atoms with Crippen LogP contribution >= 0.6 is 0 Å². The molecule has 2 nitrogen and oxygen atoms in total. The van der Waals surface area contributed by atoms with Crippen LogP contribution in [0, 0.1) is 0 Å². The third-order valence-electron chi connectivity index (χ3n) is 0.976. The molecule has 0 heterocycles. The van der Waals surface area contributed by atoms with Gasteiger partial charge in [0.05, 0.1) is 0 Å². The molecule has 0 aliphatic rings. The molecule has 1 N–H and O–H groups in total. The molecule has 2 radical (unpaired) electrons. The van der Waals surface area contributed by atoms with E-state index in [0.29, 0.717) is 0 Å². The van der Waals surface area contributed by atoms with Crippen LogP contribution in [0.2, 0.25) is 9.88 Å². The fraction of sp³-hybridized carbons (Fsp3) is 0.222. The van der Waals surface area contributed by atoms with Crippen LogP contribution in [0.5, 0.6) is 5.75 Å². The Kier molecular flexibility index (Phi) is 6.85. The third-order valence-corrected chi connectivity index (χ3v) is 0.976. The zero-order chi connectivity index (χ0) is 9.40. The van der Waals surface area contributed by atoms with Gasteiger partial charge in [0, 0.05) is 0 Å². The van der Waals surface area contributed by atoms with Crippen molar-refractivity contribution in [3.05, 3.63) is 40.6 Å². The molecule has 0 bridgehead atoms. The van der Waals surface area contributed by atoms with Crippen molar-refractivity contribution in [2.75, 3.05) is 0 Å². The van der Waals surface area contributed by atoms with Crippen LogP contribution in [-0.4, -0.2) is 26.2 Å². The first-order valence-corrected chi connectivity index (χ1v) is 9.30. The monoisotopic (exact) mass is 272 g/mol. The van der Waals surface area contributed by atoms with E-state index in [2.05, 4.69) is 9.88 Å². The molecule has 0 atom stereocenters. The van der Waals surface area contributed by atoms with Crippen LogP contribution in [0.15, 0.2) is 35.1 Å². The van der Waals surface area contributed by atoms with E-state index in [1.807, 2.05) is 0 Å². The van der Waals surface area contributed by atoms with Gasteiger partial charge in [0.1, 0.15) is 0 Å². The van der Waals surface area contributed by atoms with E-state index in [-0.39, 0.29) is 32.3 Å². The second-order valence-electron chi connectivity index (χ2n) is 2.16. The molecule has 0 amide bonds. The van der Waals surface area contributed by atoms with E-state index in [1.165, 1.54) is 12.1 Å². The Bertz CT molecular complexity index is 273. The molecule has 0 aliphatic carbocycles. The van der Waals surface area contributed by atoms with Crippen molar-refractivity contribution in [1.29, 1.82) is 0 Å². The molecule has 12 heavy (non-hydrogen) atoms. The van der Waals surface area contributed by atoms with Gasteiger partial charge < -0.3 is 5.11 Å². The van der Waals surface area contributed by atoms with Gasteiger partial charge in [0.15, 0.2) is 5.75 Å². The number of hydrogen-bond acceptors (Lipinski definition) is 2. The minimum absolute atomic E-state index is 0.208. The van der Waals surface area contributed by atoms with Gasteiger partial charge >= 0.3 is 31.0 Å². The van der Waals surface area contributed by atoms with E-state index in [9.17, 15) is 4.79 Å². The van der Waals surface area contributed by atoms with Crippen LogP contribution < -0.4 is 5.43 Å². The topological polar surface area (TPSA) is 37.3 Å². The Balaban J connectivity index is 0.000000354. The molecule has 1 rings (SSSR count). The maximum atomic E-state index is 10.6. The Morgan fingerprint density at radius 2 is 1.67 bits per heavy atom. The average Bonchev–Trinajstić information content (AvgIpc) is 2.19. The van der Waals surface area contributed by atoms with Crippen molar-refractivity contribution >= 4 is 21.1 Å². The first kappa shape index (κ1) is 11.5. The summed E-state index contributed by atoms with van der Waals surface area (Å²) in [4.78, 5) is 15.2. The van der Waals surface area contributed by atoms with Gasteiger partial charge in [0.2, 0.25) is 5.43 Å². The van der Waals surface area contributed by atoms with Gasteiger partial charge in [-0.1, -0.05) is 18.2 Å². The van der Waals surface area contributed by atoms with Crippen molar-refractivity contribution in [2.45, 2.75) is 9.88 Å². The number of hydrogen-bond donors (Lipinski definition) is 1. The first-order valence-electron chi connectivity index (χ1n) is 3.59. The average molecular weight is 271 g/mol. The number of aromatic hydroxyl groups is 1. The Morgan fingerprint density at radius 3 is 2.25 bits per heavy atom. The second-order valence-corrected chi connectivity index (χ2v) is 5.01. The van der Waals surface area contributed by atoms with Gasteiger partial charge in [-0.3, -0.25) is 4.79 Å². The summed E-state index contributed by atoms with van der Waals surface area (Å²) in [5.74, 6) is -0.208. The Labute approximate surface area is 82.5 Å². The van der Waals surface area contributed by atoms with Crippen LogP contribution in [0.4, 0.5) is 0 Å². The van der Waals surface area contributed by atoms with E-state index < -0.39 is 0 Å². The van der Waals surface area contributed by atoms with Crippen molar-refractivity contribution in [1.82, 2.24) is 0 Å². The SMILES string of the molecule is O=c1cccccc1O.[CH3][Sn][CH3]. The van der Waals surface area contributed by atoms with Crippen LogP contribution in [0.25, 0.3) is 0 Å². The number of rotatable bonds is 0. The summed E-state index contributed by atoms with van der Waals surface area (Å²) in [5, 5.41) is 8.77. The summed E-state index contributed by atoms with van der Waals surface area (Å²) < 4.78 is 0. The molecular weight excluding hydrogens is 259 g/mol. The maximum absolute atomic E-state index is 10.6. The molecule has 1 aromatic rings. The molecule has 64 valence electrons. The van der Waals surface area contributed by atoms with E-state index in [4.69, 9.17) is 5.11 Å². The van der Waals surface area contributed by atoms with E-state index >= 15 is 0 Å². The van der Waals surface area contributed by atoms with Crippen molar-refractivity contribution in [2.24, 2.45) is 0 Å². The molecule has 0 unspecified atom stereocenters. The Morgan fingerprint density at radius 1 is 1.17 bits per heavy atom. The van der Waals surface area contributed by atoms with Gasteiger partial charge in [0.25, 0.3) is 0 Å². The van der Waals surface area contributed by atoms with E-state index in [0.717, 1.165) is 0 Å². The minimum atomic E-state index is -0.347. The second kappa shape index (κ2) is 7.15. The molecule has 0 aromatic heterocycles. The van der Waals surface area contributed by atoms with Crippen molar-refractivity contribution < 1.29 is 5.11 Å². The predicted molar refractivity (Wildman–Crippen MR) is 51.9 cm³/mol. The van der Waals surface area contributed by atoms with Gasteiger partial charge in [-0.15, -0.1) is 0 Å². The molecule has 0 fully saturated rings. The molecule has 0 saturated heterocycles. The molecule has 0 aliphatic heterocycles. The summed E-state index contributed by atoms with van der Waals surface area (Å²) in [5.41, 5.74) is -0.347. The quantitative estimate of drug-likeness (QED) is 0.727. The fourth-order valence-electron chi connectivity index (χ4n) is 0.521. The van der Waals surface area contributed by atoms with E-state index in [1.54, 1.807) is 18.2 Å². The first-order chi connectivity index (χ1) is 5.72. The summed E-state index contributed by atoms with van der Waals surface area (Å²) in [6, 6.07) is 7.55. The molecule has 0 spiro atoms. The van der Waals surface area contributed by atoms with Crippen LogP contribution in [0.1, 0.15) is 0 Å². The Hall–Kier alpha value is -0.511. The molecule has 3 heteroatoms. The summed E-state index contributed by atoms with van der Waals surface area (Å²) in [6.45, 7) is 0. The van der Waals surface area contributed by atoms with Crippen molar-refractivity contribution in [3.63, 3.8) is 0 Å². The summed E-state index contributed by atoms with van der Waals surface area (Å²) in [7, 11) is 0. The van der Waals surface area contributed by atoms with Crippen LogP contribution in [-0.2, 0) is 0 Å². The summed E-state index contributed by atoms with van der Waals surface area (Å²) >= 11 is 0.230. The normalized spacial score (nSPS) is 8.17. The predicted octanol–water partition coefficient (Wildman–Crippen LogP) is 1.54. The van der Waals surface area contributed by atoms with Gasteiger partial charge in [-0.2, -0.15) is 0 Å². The zero-order valence-corrected chi connectivity index (χ0v) is 10.1. The molecular formula is C9H12O2Sn. The molecule has 0 saturated carbocycles. The third kappa shape index (κ3) is 5.18. The zero-order valence-electron chi connectivity index (χ0n) is 7.24.